The van der Waals surface area contributed by atoms with Crippen molar-refractivity contribution in [1.82, 2.24) is 9.88 Å². The molecule has 0 atom stereocenters. The van der Waals surface area contributed by atoms with Gasteiger partial charge in [-0.25, -0.2) is 9.78 Å². The van der Waals surface area contributed by atoms with Crippen molar-refractivity contribution < 1.29 is 23.8 Å². The Hall–Kier alpha value is -2.19. The van der Waals surface area contributed by atoms with Gasteiger partial charge in [-0.15, -0.1) is 11.3 Å². The predicted molar refractivity (Wildman–Crippen MR) is 89.0 cm³/mol. The maximum absolute atomic E-state index is 12.5. The number of carbonyl (C=O) groups is 2. The second-order valence-electron chi connectivity index (χ2n) is 6.39. The third-order valence-corrected chi connectivity index (χ3v) is 6.10. The number of thiophene rings is 1. The van der Waals surface area contributed by atoms with Crippen molar-refractivity contribution in [2.24, 2.45) is 0 Å². The van der Waals surface area contributed by atoms with E-state index in [4.69, 9.17) is 9.15 Å². The molecule has 4 rings (SSSR count). The van der Waals surface area contributed by atoms with Crippen LogP contribution in [0.2, 0.25) is 0 Å². The molecule has 2 aliphatic rings. The minimum absolute atomic E-state index is 0.140. The molecule has 0 saturated carbocycles. The van der Waals surface area contributed by atoms with E-state index < -0.39 is 11.6 Å². The van der Waals surface area contributed by atoms with Crippen LogP contribution in [0.15, 0.2) is 16.7 Å². The van der Waals surface area contributed by atoms with Crippen LogP contribution in [0.4, 0.5) is 0 Å². The number of amides is 1. The molecule has 7 nitrogen and oxygen atoms in total. The Bertz CT molecular complexity index is 832. The van der Waals surface area contributed by atoms with E-state index in [2.05, 4.69) is 4.98 Å². The third kappa shape index (κ3) is 2.75. The quantitative estimate of drug-likeness (QED) is 0.882. The van der Waals surface area contributed by atoms with Gasteiger partial charge in [0.05, 0.1) is 12.2 Å². The second-order valence-corrected chi connectivity index (χ2v) is 7.53. The van der Waals surface area contributed by atoms with Crippen molar-refractivity contribution in [3.8, 4) is 0 Å². The summed E-state index contributed by atoms with van der Waals surface area (Å²) in [6.45, 7) is 3.38. The van der Waals surface area contributed by atoms with Gasteiger partial charge in [-0.1, -0.05) is 0 Å². The van der Waals surface area contributed by atoms with E-state index in [9.17, 15) is 14.7 Å². The van der Waals surface area contributed by atoms with E-state index in [1.165, 1.54) is 17.6 Å². The van der Waals surface area contributed by atoms with Crippen LogP contribution in [-0.2, 0) is 16.8 Å². The fourth-order valence-electron chi connectivity index (χ4n) is 3.63. The zero-order chi connectivity index (χ0) is 17.6. The zero-order valence-electron chi connectivity index (χ0n) is 13.8. The molecule has 1 amide bonds. The van der Waals surface area contributed by atoms with Crippen LogP contribution in [0.5, 0.6) is 0 Å². The SMILES string of the molecule is Cc1nc(C(=O)N2CCC3(CC2)OCCc2sc(C(=O)O)cc23)co1. The summed E-state index contributed by atoms with van der Waals surface area (Å²) >= 11 is 1.34. The van der Waals surface area contributed by atoms with E-state index in [-0.39, 0.29) is 5.91 Å². The first-order valence-corrected chi connectivity index (χ1v) is 9.02. The topological polar surface area (TPSA) is 92.9 Å². The average molecular weight is 362 g/mol. The minimum atomic E-state index is -0.899. The fraction of sp³-hybridized carbons (Fsp3) is 0.471. The first-order valence-electron chi connectivity index (χ1n) is 8.20. The largest absolute Gasteiger partial charge is 0.477 e. The highest BCUT2D eigenvalue weighted by Crippen LogP contribution is 2.44. The maximum atomic E-state index is 12.5. The van der Waals surface area contributed by atoms with Crippen LogP contribution >= 0.6 is 11.3 Å². The van der Waals surface area contributed by atoms with Crippen LogP contribution < -0.4 is 0 Å². The van der Waals surface area contributed by atoms with Crippen LogP contribution in [-0.4, -0.2) is 46.6 Å². The number of rotatable bonds is 2. The van der Waals surface area contributed by atoms with Gasteiger partial charge in [-0.3, -0.25) is 4.79 Å². The van der Waals surface area contributed by atoms with Gasteiger partial charge < -0.3 is 19.2 Å². The Morgan fingerprint density at radius 3 is 2.76 bits per heavy atom. The molecule has 2 aromatic rings. The molecule has 1 N–H and O–H groups in total. The van der Waals surface area contributed by atoms with Crippen LogP contribution in [0.3, 0.4) is 0 Å². The maximum Gasteiger partial charge on any atom is 0.345 e. The van der Waals surface area contributed by atoms with Crippen LogP contribution in [0.1, 0.15) is 49.3 Å². The van der Waals surface area contributed by atoms with Gasteiger partial charge in [-0.2, -0.15) is 0 Å². The second kappa shape index (κ2) is 5.96. The molecule has 25 heavy (non-hydrogen) atoms. The van der Waals surface area contributed by atoms with E-state index in [0.717, 1.165) is 16.9 Å². The van der Waals surface area contributed by atoms with Gasteiger partial charge >= 0.3 is 5.97 Å². The number of carbonyl (C=O) groups excluding carboxylic acids is 1. The lowest BCUT2D eigenvalue weighted by molar-refractivity contribution is -0.0927. The van der Waals surface area contributed by atoms with Gasteiger partial charge in [0.25, 0.3) is 5.91 Å². The molecule has 0 radical (unpaired) electrons. The van der Waals surface area contributed by atoms with Crippen molar-refractivity contribution in [1.29, 1.82) is 0 Å². The molecule has 8 heteroatoms. The molecular formula is C17H18N2O5S. The van der Waals surface area contributed by atoms with E-state index in [0.29, 0.717) is 49.0 Å². The van der Waals surface area contributed by atoms with E-state index >= 15 is 0 Å². The van der Waals surface area contributed by atoms with Crippen LogP contribution in [0.25, 0.3) is 0 Å². The number of ether oxygens (including phenoxy) is 1. The molecule has 2 aliphatic heterocycles. The summed E-state index contributed by atoms with van der Waals surface area (Å²) in [7, 11) is 0. The van der Waals surface area contributed by atoms with E-state index in [1.54, 1.807) is 17.9 Å². The van der Waals surface area contributed by atoms with Gasteiger partial charge in [0.1, 0.15) is 11.1 Å². The number of likely N-dealkylation sites (tertiary alicyclic amines) is 1. The lowest BCUT2D eigenvalue weighted by Gasteiger charge is -2.43. The van der Waals surface area contributed by atoms with Crippen molar-refractivity contribution >= 4 is 23.2 Å². The Morgan fingerprint density at radius 2 is 2.12 bits per heavy atom. The molecule has 2 aromatic heterocycles. The molecule has 1 spiro atoms. The molecular weight excluding hydrogens is 344 g/mol. The number of carboxylic acid groups (broad SMARTS) is 1. The molecule has 1 fully saturated rings. The number of piperidine rings is 1. The number of hydrogen-bond donors (Lipinski definition) is 1. The molecule has 0 unspecified atom stereocenters. The summed E-state index contributed by atoms with van der Waals surface area (Å²) in [5.74, 6) is -0.570. The lowest BCUT2D eigenvalue weighted by atomic mass is 9.82. The first kappa shape index (κ1) is 16.3. The Labute approximate surface area is 148 Å². The minimum Gasteiger partial charge on any atom is -0.477 e. The summed E-state index contributed by atoms with van der Waals surface area (Å²) in [6.07, 6.45) is 3.43. The average Bonchev–Trinajstić information content (AvgIpc) is 3.22. The number of aromatic nitrogens is 1. The molecule has 132 valence electrons. The van der Waals surface area contributed by atoms with Crippen molar-refractivity contribution in [2.45, 2.75) is 31.8 Å². The molecule has 1 saturated heterocycles. The monoisotopic (exact) mass is 362 g/mol. The standard InChI is InChI=1S/C17H18N2O5S/c1-10-18-12(9-23-10)15(20)19-5-3-17(4-6-19)11-8-14(16(21)22)25-13(11)2-7-24-17/h8-9H,2-7H2,1H3,(H,21,22). The van der Waals surface area contributed by atoms with Crippen LogP contribution in [0, 0.1) is 6.92 Å². The fourth-order valence-corrected chi connectivity index (χ4v) is 4.70. The van der Waals surface area contributed by atoms with Gasteiger partial charge in [0.2, 0.25) is 0 Å². The summed E-state index contributed by atoms with van der Waals surface area (Å²) in [4.78, 5) is 31.1. The number of aromatic carboxylic acids is 1. The molecule has 0 aromatic carbocycles. The van der Waals surface area contributed by atoms with Crippen molar-refractivity contribution in [2.75, 3.05) is 19.7 Å². The summed E-state index contributed by atoms with van der Waals surface area (Å²) in [5, 5.41) is 9.26. The van der Waals surface area contributed by atoms with Crippen molar-refractivity contribution in [3.63, 3.8) is 0 Å². The number of carboxylic acids is 1. The third-order valence-electron chi connectivity index (χ3n) is 4.91. The lowest BCUT2D eigenvalue weighted by Crippen LogP contribution is -2.48. The smallest absolute Gasteiger partial charge is 0.345 e. The molecule has 4 heterocycles. The first-order chi connectivity index (χ1) is 12.0. The summed E-state index contributed by atoms with van der Waals surface area (Å²) in [5.41, 5.74) is 0.835. The molecule has 0 bridgehead atoms. The summed E-state index contributed by atoms with van der Waals surface area (Å²) in [6, 6.07) is 1.75. The predicted octanol–water partition coefficient (Wildman–Crippen LogP) is 2.45. The molecule has 0 aliphatic carbocycles. The Morgan fingerprint density at radius 1 is 1.36 bits per heavy atom. The Kier molecular flexibility index (Phi) is 3.88. The highest BCUT2D eigenvalue weighted by molar-refractivity contribution is 7.14. The zero-order valence-corrected chi connectivity index (χ0v) is 14.6. The Balaban J connectivity index is 1.54. The number of hydrogen-bond acceptors (Lipinski definition) is 6. The van der Waals surface area contributed by atoms with Crippen molar-refractivity contribution in [3.05, 3.63) is 39.2 Å². The number of oxazole rings is 1. The van der Waals surface area contributed by atoms with Gasteiger partial charge in [-0.05, 0) is 24.5 Å². The highest BCUT2D eigenvalue weighted by atomic mass is 32.1. The highest BCUT2D eigenvalue weighted by Gasteiger charge is 2.43. The van der Waals surface area contributed by atoms with Gasteiger partial charge in [0, 0.05) is 31.3 Å². The number of aryl methyl sites for hydroxylation is 1. The normalized spacial score (nSPS) is 19.0. The summed E-state index contributed by atoms with van der Waals surface area (Å²) < 4.78 is 11.2. The number of fused-ring (bicyclic) bond motifs is 2. The van der Waals surface area contributed by atoms with E-state index in [1.807, 2.05) is 0 Å². The van der Waals surface area contributed by atoms with Gasteiger partial charge in [0.15, 0.2) is 11.6 Å². The number of nitrogens with zero attached hydrogens (tertiary/aromatic N) is 2.